The Hall–Kier alpha value is -2.34. The van der Waals surface area contributed by atoms with Crippen molar-refractivity contribution < 1.29 is 14.0 Å². The highest BCUT2D eigenvalue weighted by molar-refractivity contribution is 5.80. The molecular formula is C18H23N3O3. The Kier molecular flexibility index (Phi) is 4.85. The first-order valence-corrected chi connectivity index (χ1v) is 8.28. The van der Waals surface area contributed by atoms with Gasteiger partial charge >= 0.3 is 0 Å². The molecule has 3 rings (SSSR count). The van der Waals surface area contributed by atoms with Crippen LogP contribution >= 0.6 is 0 Å². The van der Waals surface area contributed by atoms with Gasteiger partial charge in [-0.25, -0.2) is 0 Å². The lowest BCUT2D eigenvalue weighted by atomic mass is 10.2. The second-order valence-corrected chi connectivity index (χ2v) is 6.26. The topological polar surface area (TPSA) is 65.8 Å². The first kappa shape index (κ1) is 16.5. The van der Waals surface area contributed by atoms with Crippen molar-refractivity contribution in [1.82, 2.24) is 15.1 Å². The van der Waals surface area contributed by atoms with E-state index in [9.17, 15) is 9.59 Å². The molecule has 1 atom stereocenters. The highest BCUT2D eigenvalue weighted by Gasteiger charge is 2.21. The molecule has 1 N–H and O–H groups in total. The van der Waals surface area contributed by atoms with Crippen LogP contribution in [-0.4, -0.2) is 54.3 Å². The molecule has 0 spiro atoms. The maximum absolute atomic E-state index is 12.3. The van der Waals surface area contributed by atoms with Gasteiger partial charge in [0.05, 0.1) is 12.6 Å². The molecule has 1 aliphatic heterocycles. The summed E-state index contributed by atoms with van der Waals surface area (Å²) in [5.74, 6) is 0.822. The number of fused-ring (bicyclic) bond motifs is 1. The lowest BCUT2D eigenvalue weighted by Gasteiger charge is -2.33. The second-order valence-electron chi connectivity index (χ2n) is 6.26. The number of furan rings is 1. The molecule has 6 nitrogen and oxygen atoms in total. The van der Waals surface area contributed by atoms with Crippen LogP contribution in [-0.2, 0) is 9.59 Å². The maximum Gasteiger partial charge on any atom is 0.234 e. The van der Waals surface area contributed by atoms with E-state index in [0.29, 0.717) is 19.6 Å². The van der Waals surface area contributed by atoms with Crippen molar-refractivity contribution >= 4 is 22.8 Å². The number of benzene rings is 1. The van der Waals surface area contributed by atoms with Crippen LogP contribution < -0.4 is 5.32 Å². The molecule has 0 saturated carbocycles. The van der Waals surface area contributed by atoms with Crippen LogP contribution in [0.4, 0.5) is 0 Å². The van der Waals surface area contributed by atoms with Gasteiger partial charge in [-0.05, 0) is 19.1 Å². The van der Waals surface area contributed by atoms with E-state index < -0.39 is 0 Å². The number of carbonyl (C=O) groups is 2. The predicted octanol–water partition coefficient (Wildman–Crippen LogP) is 1.77. The van der Waals surface area contributed by atoms with Gasteiger partial charge in [-0.3, -0.25) is 14.5 Å². The maximum atomic E-state index is 12.3. The number of carbonyl (C=O) groups excluding carboxylic acids is 2. The number of piperazine rings is 1. The smallest absolute Gasteiger partial charge is 0.234 e. The molecule has 2 amide bonds. The van der Waals surface area contributed by atoms with Gasteiger partial charge in [0.25, 0.3) is 0 Å². The fourth-order valence-corrected chi connectivity index (χ4v) is 3.00. The summed E-state index contributed by atoms with van der Waals surface area (Å²) >= 11 is 0. The highest BCUT2D eigenvalue weighted by atomic mass is 16.3. The van der Waals surface area contributed by atoms with Crippen molar-refractivity contribution in [1.29, 1.82) is 0 Å². The normalized spacial score (nSPS) is 17.0. The Bertz CT molecular complexity index is 699. The minimum Gasteiger partial charge on any atom is -0.459 e. The molecule has 24 heavy (non-hydrogen) atoms. The Morgan fingerprint density at radius 1 is 1.21 bits per heavy atom. The lowest BCUT2D eigenvalue weighted by molar-refractivity contribution is -0.131. The van der Waals surface area contributed by atoms with Gasteiger partial charge in [-0.15, -0.1) is 0 Å². The summed E-state index contributed by atoms with van der Waals surface area (Å²) in [6.07, 6.45) is 0. The first-order valence-electron chi connectivity index (χ1n) is 8.28. The van der Waals surface area contributed by atoms with Crippen LogP contribution in [0, 0.1) is 0 Å². The van der Waals surface area contributed by atoms with E-state index in [0.717, 1.165) is 29.8 Å². The summed E-state index contributed by atoms with van der Waals surface area (Å²) < 4.78 is 5.79. The molecule has 1 aliphatic rings. The summed E-state index contributed by atoms with van der Waals surface area (Å²) in [6, 6.07) is 9.59. The molecule has 2 aromatic rings. The largest absolute Gasteiger partial charge is 0.459 e. The number of para-hydroxylation sites is 1. The van der Waals surface area contributed by atoms with Gasteiger partial charge in [0, 0.05) is 38.5 Å². The average molecular weight is 329 g/mol. The van der Waals surface area contributed by atoms with Gasteiger partial charge in [-0.2, -0.15) is 0 Å². The van der Waals surface area contributed by atoms with E-state index in [1.54, 1.807) is 6.92 Å². The molecule has 128 valence electrons. The third-order valence-electron chi connectivity index (χ3n) is 4.43. The molecule has 0 aliphatic carbocycles. The van der Waals surface area contributed by atoms with E-state index >= 15 is 0 Å². The average Bonchev–Trinajstić information content (AvgIpc) is 2.99. The molecule has 1 saturated heterocycles. The summed E-state index contributed by atoms with van der Waals surface area (Å²) in [5, 5.41) is 4.02. The molecule has 0 bridgehead atoms. The van der Waals surface area contributed by atoms with E-state index in [1.165, 1.54) is 0 Å². The molecule has 1 fully saturated rings. The van der Waals surface area contributed by atoms with Crippen molar-refractivity contribution in [2.24, 2.45) is 0 Å². The van der Waals surface area contributed by atoms with Crippen LogP contribution in [0.1, 0.15) is 25.6 Å². The van der Waals surface area contributed by atoms with Crippen molar-refractivity contribution in [2.45, 2.75) is 19.9 Å². The van der Waals surface area contributed by atoms with E-state index in [2.05, 4.69) is 10.2 Å². The number of hydrogen-bond acceptors (Lipinski definition) is 4. The molecular weight excluding hydrogens is 306 g/mol. The third kappa shape index (κ3) is 3.76. The van der Waals surface area contributed by atoms with Crippen LogP contribution in [0.25, 0.3) is 11.0 Å². The highest BCUT2D eigenvalue weighted by Crippen LogP contribution is 2.23. The van der Waals surface area contributed by atoms with Crippen LogP contribution in [0.5, 0.6) is 0 Å². The van der Waals surface area contributed by atoms with Gasteiger partial charge in [-0.1, -0.05) is 18.2 Å². The van der Waals surface area contributed by atoms with Crippen LogP contribution in [0.2, 0.25) is 0 Å². The Labute approximate surface area is 141 Å². The molecule has 6 heteroatoms. The summed E-state index contributed by atoms with van der Waals surface area (Å²) in [4.78, 5) is 27.5. The number of nitrogens with zero attached hydrogens (tertiary/aromatic N) is 2. The predicted molar refractivity (Wildman–Crippen MR) is 91.5 cm³/mol. The quantitative estimate of drug-likeness (QED) is 0.928. The fourth-order valence-electron chi connectivity index (χ4n) is 3.00. The summed E-state index contributed by atoms with van der Waals surface area (Å²) in [7, 11) is 0. The zero-order chi connectivity index (χ0) is 17.1. The summed E-state index contributed by atoms with van der Waals surface area (Å²) in [6.45, 7) is 6.67. The molecule has 2 heterocycles. The van der Waals surface area contributed by atoms with Crippen molar-refractivity contribution in [3.05, 3.63) is 36.1 Å². The molecule has 1 aromatic carbocycles. The third-order valence-corrected chi connectivity index (χ3v) is 4.43. The van der Waals surface area contributed by atoms with E-state index in [4.69, 9.17) is 4.42 Å². The second kappa shape index (κ2) is 7.05. The van der Waals surface area contributed by atoms with Crippen LogP contribution in [0.15, 0.2) is 34.7 Å². The Morgan fingerprint density at radius 2 is 1.92 bits per heavy atom. The first-order chi connectivity index (χ1) is 11.5. The fraction of sp³-hybridized carbons (Fsp3) is 0.444. The van der Waals surface area contributed by atoms with E-state index in [-0.39, 0.29) is 17.9 Å². The number of hydrogen-bond donors (Lipinski definition) is 1. The van der Waals surface area contributed by atoms with Crippen molar-refractivity contribution in [3.8, 4) is 0 Å². The lowest BCUT2D eigenvalue weighted by Crippen LogP contribution is -2.50. The molecule has 0 unspecified atom stereocenters. The van der Waals surface area contributed by atoms with Gasteiger partial charge in [0.1, 0.15) is 11.3 Å². The monoisotopic (exact) mass is 329 g/mol. The number of nitrogens with one attached hydrogen (secondary N) is 1. The number of rotatable bonds is 4. The van der Waals surface area contributed by atoms with Crippen molar-refractivity contribution in [3.63, 3.8) is 0 Å². The Balaban J connectivity index is 1.52. The zero-order valence-corrected chi connectivity index (χ0v) is 14.1. The molecule has 1 aromatic heterocycles. The number of amides is 2. The van der Waals surface area contributed by atoms with Gasteiger partial charge < -0.3 is 14.6 Å². The minimum atomic E-state index is -0.177. The van der Waals surface area contributed by atoms with E-state index in [1.807, 2.05) is 42.2 Å². The minimum absolute atomic E-state index is 0.0285. The van der Waals surface area contributed by atoms with Crippen molar-refractivity contribution in [2.75, 3.05) is 32.7 Å². The standard InChI is InChI=1S/C18H23N3O3/c1-13(17-11-15-5-3-4-6-16(15)24-17)19-18(23)12-20-7-9-21(10-8-20)14(2)22/h3-6,11,13H,7-10,12H2,1-2H3,(H,19,23)/t13-/m0/s1. The van der Waals surface area contributed by atoms with Gasteiger partial charge in [0.15, 0.2) is 0 Å². The SMILES string of the molecule is CC(=O)N1CCN(CC(=O)N[C@@H](C)c2cc3ccccc3o2)CC1. The molecule has 0 radical (unpaired) electrons. The van der Waals surface area contributed by atoms with Crippen LogP contribution in [0.3, 0.4) is 0 Å². The zero-order valence-electron chi connectivity index (χ0n) is 14.1. The van der Waals surface area contributed by atoms with Gasteiger partial charge in [0.2, 0.25) is 11.8 Å². The Morgan fingerprint density at radius 3 is 2.58 bits per heavy atom. The summed E-state index contributed by atoms with van der Waals surface area (Å²) in [5.41, 5.74) is 0.828.